The molecule has 2 aromatic carbocycles. The van der Waals surface area contributed by atoms with E-state index in [-0.39, 0.29) is 28.8 Å². The summed E-state index contributed by atoms with van der Waals surface area (Å²) < 4.78 is 5.57. The Labute approximate surface area is 194 Å². The molecule has 9 heteroatoms. The van der Waals surface area contributed by atoms with E-state index in [4.69, 9.17) is 4.42 Å². The van der Waals surface area contributed by atoms with E-state index >= 15 is 0 Å². The zero-order valence-corrected chi connectivity index (χ0v) is 18.6. The van der Waals surface area contributed by atoms with Gasteiger partial charge in [0.05, 0.1) is 28.6 Å². The molecule has 2 aromatic heterocycles. The van der Waals surface area contributed by atoms with E-state index in [9.17, 15) is 9.59 Å². The number of para-hydroxylation sites is 1. The SMILES string of the molecule is CC(NC(=O)c1ccccc1NC(=O)CSc1nnc(-c2cccnc2)o1)c1ccccc1. The highest BCUT2D eigenvalue weighted by Crippen LogP contribution is 2.23. The summed E-state index contributed by atoms with van der Waals surface area (Å²) in [4.78, 5) is 29.4. The van der Waals surface area contributed by atoms with Crippen LogP contribution >= 0.6 is 11.8 Å². The second-order valence-corrected chi connectivity index (χ2v) is 8.03. The van der Waals surface area contributed by atoms with Crippen LogP contribution < -0.4 is 10.6 Å². The second-order valence-electron chi connectivity index (χ2n) is 7.10. The monoisotopic (exact) mass is 459 g/mol. The molecule has 33 heavy (non-hydrogen) atoms. The zero-order chi connectivity index (χ0) is 23.0. The molecular formula is C24H21N5O3S. The Morgan fingerprint density at radius 2 is 1.79 bits per heavy atom. The summed E-state index contributed by atoms with van der Waals surface area (Å²) in [6.07, 6.45) is 3.27. The van der Waals surface area contributed by atoms with Crippen LogP contribution in [0.2, 0.25) is 0 Å². The molecule has 0 fully saturated rings. The van der Waals surface area contributed by atoms with Crippen LogP contribution in [0.5, 0.6) is 0 Å². The molecule has 166 valence electrons. The van der Waals surface area contributed by atoms with Gasteiger partial charge in [0.2, 0.25) is 11.8 Å². The molecule has 1 atom stereocenters. The van der Waals surface area contributed by atoms with Crippen LogP contribution in [0.25, 0.3) is 11.5 Å². The van der Waals surface area contributed by atoms with Crippen molar-refractivity contribution < 1.29 is 14.0 Å². The molecule has 2 heterocycles. The summed E-state index contributed by atoms with van der Waals surface area (Å²) >= 11 is 1.11. The molecule has 4 aromatic rings. The van der Waals surface area contributed by atoms with Gasteiger partial charge in [0.15, 0.2) is 0 Å². The first-order valence-electron chi connectivity index (χ1n) is 10.2. The minimum Gasteiger partial charge on any atom is -0.411 e. The molecule has 0 aliphatic rings. The van der Waals surface area contributed by atoms with Crippen LogP contribution in [0.4, 0.5) is 5.69 Å². The van der Waals surface area contributed by atoms with Crippen molar-refractivity contribution in [3.05, 3.63) is 90.3 Å². The number of aromatic nitrogens is 3. The summed E-state index contributed by atoms with van der Waals surface area (Å²) in [5.41, 5.74) is 2.51. The normalized spacial score (nSPS) is 11.5. The number of nitrogens with zero attached hydrogens (tertiary/aromatic N) is 3. The van der Waals surface area contributed by atoms with Gasteiger partial charge in [-0.3, -0.25) is 14.6 Å². The summed E-state index contributed by atoms with van der Waals surface area (Å²) in [6.45, 7) is 1.91. The molecule has 0 saturated heterocycles. The Morgan fingerprint density at radius 1 is 1.00 bits per heavy atom. The average Bonchev–Trinajstić information content (AvgIpc) is 3.33. The van der Waals surface area contributed by atoms with E-state index in [1.54, 1.807) is 42.7 Å². The molecule has 8 nitrogen and oxygen atoms in total. The first-order chi connectivity index (χ1) is 16.1. The number of carbonyl (C=O) groups is 2. The fourth-order valence-corrected chi connectivity index (χ4v) is 3.64. The van der Waals surface area contributed by atoms with Crippen molar-refractivity contribution in [2.24, 2.45) is 0 Å². The average molecular weight is 460 g/mol. The standard InChI is InChI=1S/C24H21N5O3S/c1-16(17-8-3-2-4-9-17)26-22(31)19-11-5-6-12-20(19)27-21(30)15-33-24-29-28-23(32-24)18-10-7-13-25-14-18/h2-14,16H,15H2,1H3,(H,26,31)(H,27,30). The van der Waals surface area contributed by atoms with Gasteiger partial charge < -0.3 is 15.1 Å². The third kappa shape index (κ3) is 5.83. The lowest BCUT2D eigenvalue weighted by molar-refractivity contribution is -0.113. The summed E-state index contributed by atoms with van der Waals surface area (Å²) in [6, 6.07) is 20.0. The minimum absolute atomic E-state index is 0.0467. The Bertz CT molecular complexity index is 1230. The van der Waals surface area contributed by atoms with Gasteiger partial charge in [-0.25, -0.2) is 0 Å². The summed E-state index contributed by atoms with van der Waals surface area (Å²) in [7, 11) is 0. The van der Waals surface area contributed by atoms with Gasteiger partial charge in [-0.2, -0.15) is 0 Å². The maximum atomic E-state index is 12.8. The van der Waals surface area contributed by atoms with E-state index in [1.165, 1.54) is 0 Å². The molecule has 0 aliphatic carbocycles. The smallest absolute Gasteiger partial charge is 0.277 e. The highest BCUT2D eigenvalue weighted by atomic mass is 32.2. The van der Waals surface area contributed by atoms with Crippen molar-refractivity contribution >= 4 is 29.3 Å². The number of thioether (sulfide) groups is 1. The maximum Gasteiger partial charge on any atom is 0.277 e. The third-order valence-corrected chi connectivity index (χ3v) is 5.55. The number of amides is 2. The number of pyridine rings is 1. The van der Waals surface area contributed by atoms with Gasteiger partial charge in [-0.15, -0.1) is 10.2 Å². The van der Waals surface area contributed by atoms with Crippen LogP contribution in [-0.2, 0) is 4.79 Å². The molecule has 0 aliphatic heterocycles. The number of carbonyl (C=O) groups excluding carboxylic acids is 2. The fraction of sp³-hybridized carbons (Fsp3) is 0.125. The number of anilines is 1. The van der Waals surface area contributed by atoms with Crippen molar-refractivity contribution in [1.82, 2.24) is 20.5 Å². The molecule has 0 saturated carbocycles. The highest BCUT2D eigenvalue weighted by molar-refractivity contribution is 7.99. The van der Waals surface area contributed by atoms with Gasteiger partial charge in [0, 0.05) is 12.4 Å². The van der Waals surface area contributed by atoms with E-state index in [0.717, 1.165) is 17.3 Å². The molecule has 2 amide bonds. The largest absolute Gasteiger partial charge is 0.411 e. The topological polar surface area (TPSA) is 110 Å². The molecule has 4 rings (SSSR count). The fourth-order valence-electron chi connectivity index (χ4n) is 3.08. The van der Waals surface area contributed by atoms with Crippen LogP contribution in [0, 0.1) is 0 Å². The van der Waals surface area contributed by atoms with Crippen molar-refractivity contribution in [2.45, 2.75) is 18.2 Å². The van der Waals surface area contributed by atoms with Crippen LogP contribution in [0.15, 0.2) is 88.8 Å². The van der Waals surface area contributed by atoms with Crippen molar-refractivity contribution in [1.29, 1.82) is 0 Å². The minimum atomic E-state index is -0.294. The van der Waals surface area contributed by atoms with E-state index < -0.39 is 0 Å². The zero-order valence-electron chi connectivity index (χ0n) is 17.8. The number of rotatable bonds is 8. The molecular weight excluding hydrogens is 438 g/mol. The van der Waals surface area contributed by atoms with Gasteiger partial charge in [0.25, 0.3) is 11.1 Å². The predicted octanol–water partition coefficient (Wildman–Crippen LogP) is 4.35. The first-order valence-corrected chi connectivity index (χ1v) is 11.2. The predicted molar refractivity (Wildman–Crippen MR) is 126 cm³/mol. The van der Waals surface area contributed by atoms with Crippen molar-refractivity contribution in [2.75, 3.05) is 11.1 Å². The van der Waals surface area contributed by atoms with Gasteiger partial charge in [-0.1, -0.05) is 54.2 Å². The second kappa shape index (κ2) is 10.6. The first kappa shape index (κ1) is 22.2. The highest BCUT2D eigenvalue weighted by Gasteiger charge is 2.17. The molecule has 1 unspecified atom stereocenters. The Morgan fingerprint density at radius 3 is 2.58 bits per heavy atom. The molecule has 2 N–H and O–H groups in total. The summed E-state index contributed by atoms with van der Waals surface area (Å²) in [5, 5.41) is 14.0. The number of hydrogen-bond acceptors (Lipinski definition) is 7. The lowest BCUT2D eigenvalue weighted by Crippen LogP contribution is -2.28. The number of hydrogen-bond donors (Lipinski definition) is 2. The van der Waals surface area contributed by atoms with Crippen LogP contribution in [0.1, 0.15) is 28.9 Å². The summed E-state index contributed by atoms with van der Waals surface area (Å²) in [5.74, 6) is -0.184. The lowest BCUT2D eigenvalue weighted by atomic mass is 10.1. The van der Waals surface area contributed by atoms with E-state index in [1.807, 2.05) is 43.3 Å². The molecule has 0 radical (unpaired) electrons. The van der Waals surface area contributed by atoms with Gasteiger partial charge in [-0.05, 0) is 36.8 Å². The van der Waals surface area contributed by atoms with Crippen LogP contribution in [0.3, 0.4) is 0 Å². The van der Waals surface area contributed by atoms with Crippen LogP contribution in [-0.4, -0.2) is 32.7 Å². The Balaban J connectivity index is 1.36. The molecule has 0 bridgehead atoms. The van der Waals surface area contributed by atoms with Gasteiger partial charge >= 0.3 is 0 Å². The Kier molecular flexibility index (Phi) is 7.11. The Hall–Kier alpha value is -3.98. The van der Waals surface area contributed by atoms with Crippen molar-refractivity contribution in [3.8, 4) is 11.5 Å². The lowest BCUT2D eigenvalue weighted by Gasteiger charge is -2.16. The number of benzene rings is 2. The van der Waals surface area contributed by atoms with E-state index in [0.29, 0.717) is 22.7 Å². The van der Waals surface area contributed by atoms with Gasteiger partial charge in [0.1, 0.15) is 0 Å². The molecule has 0 spiro atoms. The van der Waals surface area contributed by atoms with Crippen molar-refractivity contribution in [3.63, 3.8) is 0 Å². The van der Waals surface area contributed by atoms with E-state index in [2.05, 4.69) is 25.8 Å². The number of nitrogens with one attached hydrogen (secondary N) is 2. The maximum absolute atomic E-state index is 12.8. The third-order valence-electron chi connectivity index (χ3n) is 4.73. The quantitative estimate of drug-likeness (QED) is 0.377.